The quantitative estimate of drug-likeness (QED) is 0.661. The summed E-state index contributed by atoms with van der Waals surface area (Å²) in [5.74, 6) is 0.0994. The number of benzene rings is 1. The second-order valence-corrected chi connectivity index (χ2v) is 5.58. The van der Waals surface area contributed by atoms with Crippen molar-refractivity contribution < 1.29 is 4.74 Å². The van der Waals surface area contributed by atoms with Crippen molar-refractivity contribution in [1.82, 2.24) is 0 Å². The number of anilines is 1. The molecule has 5 heteroatoms. The maximum atomic E-state index is 7.45. The van der Waals surface area contributed by atoms with Gasteiger partial charge in [0.25, 0.3) is 0 Å². The fourth-order valence-corrected chi connectivity index (χ4v) is 3.06. The highest BCUT2D eigenvalue weighted by atomic mass is 79.9. The fourth-order valence-electron chi connectivity index (χ4n) is 2.43. The van der Waals surface area contributed by atoms with Gasteiger partial charge in [0.1, 0.15) is 5.84 Å². The van der Waals surface area contributed by atoms with Gasteiger partial charge in [0.15, 0.2) is 0 Å². The van der Waals surface area contributed by atoms with Crippen molar-refractivity contribution >= 4 is 27.5 Å². The molecule has 104 valence electrons. The lowest BCUT2D eigenvalue weighted by Crippen LogP contribution is -2.37. The molecule has 4 nitrogen and oxygen atoms in total. The minimum Gasteiger partial charge on any atom is -0.384 e. The van der Waals surface area contributed by atoms with Gasteiger partial charge < -0.3 is 15.4 Å². The predicted octanol–water partition coefficient (Wildman–Crippen LogP) is 2.74. The molecule has 0 aliphatic carbocycles. The first-order chi connectivity index (χ1) is 9.11. The maximum Gasteiger partial charge on any atom is 0.122 e. The molecule has 1 aromatic rings. The normalized spacial score (nSPS) is 16.6. The largest absolute Gasteiger partial charge is 0.384 e. The molecule has 0 unspecified atom stereocenters. The van der Waals surface area contributed by atoms with Crippen LogP contribution in [0.4, 0.5) is 5.69 Å². The predicted molar refractivity (Wildman–Crippen MR) is 82.0 cm³/mol. The Labute approximate surface area is 122 Å². The Balaban J connectivity index is 2.05. The Bertz CT molecular complexity index is 456. The number of nitrogens with two attached hydrogens (primary N) is 1. The molecular weight excluding hydrogens is 306 g/mol. The summed E-state index contributed by atoms with van der Waals surface area (Å²) in [5.41, 5.74) is 7.41. The first kappa shape index (κ1) is 14.3. The van der Waals surface area contributed by atoms with E-state index in [9.17, 15) is 0 Å². The van der Waals surface area contributed by atoms with Gasteiger partial charge in [0.05, 0.1) is 11.8 Å². The van der Waals surface area contributed by atoms with Crippen molar-refractivity contribution in [1.29, 1.82) is 5.41 Å². The lowest BCUT2D eigenvalue weighted by Gasteiger charge is -2.34. The zero-order chi connectivity index (χ0) is 13.8. The molecular formula is C14H20BrN3O. The standard InChI is InChI=1S/C14H20BrN3O/c1-2-19-11-5-7-18(8-6-11)13-4-3-10(14(16)17)9-12(13)15/h3-4,9,11H,2,5-8H2,1H3,(H3,16,17). The topological polar surface area (TPSA) is 62.3 Å². The van der Waals surface area contributed by atoms with Crippen LogP contribution in [0.25, 0.3) is 0 Å². The summed E-state index contributed by atoms with van der Waals surface area (Å²) in [6.45, 7) is 4.84. The average Bonchev–Trinajstić information content (AvgIpc) is 2.40. The van der Waals surface area contributed by atoms with E-state index in [0.29, 0.717) is 6.10 Å². The third-order valence-corrected chi connectivity index (χ3v) is 4.08. The Morgan fingerprint density at radius 1 is 1.47 bits per heavy atom. The second kappa shape index (κ2) is 6.39. The fraction of sp³-hybridized carbons (Fsp3) is 0.500. The first-order valence-electron chi connectivity index (χ1n) is 6.62. The van der Waals surface area contributed by atoms with E-state index in [0.717, 1.165) is 42.6 Å². The monoisotopic (exact) mass is 325 g/mol. The van der Waals surface area contributed by atoms with Crippen LogP contribution < -0.4 is 10.6 Å². The highest BCUT2D eigenvalue weighted by Gasteiger charge is 2.20. The molecule has 0 saturated carbocycles. The lowest BCUT2D eigenvalue weighted by atomic mass is 10.1. The minimum atomic E-state index is 0.0994. The highest BCUT2D eigenvalue weighted by Crippen LogP contribution is 2.30. The average molecular weight is 326 g/mol. The van der Waals surface area contributed by atoms with Gasteiger partial charge in [-0.05, 0) is 53.9 Å². The van der Waals surface area contributed by atoms with Crippen LogP contribution in [0.15, 0.2) is 22.7 Å². The lowest BCUT2D eigenvalue weighted by molar-refractivity contribution is 0.0459. The maximum absolute atomic E-state index is 7.45. The van der Waals surface area contributed by atoms with Crippen LogP contribution in [-0.2, 0) is 4.74 Å². The van der Waals surface area contributed by atoms with Gasteiger partial charge in [0, 0.05) is 29.7 Å². The van der Waals surface area contributed by atoms with E-state index in [2.05, 4.69) is 20.8 Å². The SMILES string of the molecule is CCOC1CCN(c2ccc(C(=N)N)cc2Br)CC1. The summed E-state index contributed by atoms with van der Waals surface area (Å²) in [6.07, 6.45) is 2.53. The van der Waals surface area contributed by atoms with E-state index in [1.165, 1.54) is 5.69 Å². The molecule has 0 aromatic heterocycles. The Kier molecular flexibility index (Phi) is 4.82. The van der Waals surface area contributed by atoms with Gasteiger partial charge in [-0.3, -0.25) is 5.41 Å². The summed E-state index contributed by atoms with van der Waals surface area (Å²) in [4.78, 5) is 2.35. The number of amidine groups is 1. The minimum absolute atomic E-state index is 0.0994. The Hall–Kier alpha value is -1.07. The van der Waals surface area contributed by atoms with Crippen molar-refractivity contribution in [2.45, 2.75) is 25.9 Å². The van der Waals surface area contributed by atoms with Crippen LogP contribution in [0.3, 0.4) is 0 Å². The van der Waals surface area contributed by atoms with Gasteiger partial charge in [-0.15, -0.1) is 0 Å². The molecule has 19 heavy (non-hydrogen) atoms. The van der Waals surface area contributed by atoms with E-state index >= 15 is 0 Å². The third kappa shape index (κ3) is 3.48. The van der Waals surface area contributed by atoms with Gasteiger partial charge >= 0.3 is 0 Å². The molecule has 0 bridgehead atoms. The number of nitrogen functional groups attached to an aromatic ring is 1. The van der Waals surface area contributed by atoms with Crippen LogP contribution in [0.1, 0.15) is 25.3 Å². The second-order valence-electron chi connectivity index (χ2n) is 4.72. The molecule has 0 spiro atoms. The zero-order valence-corrected chi connectivity index (χ0v) is 12.7. The van der Waals surface area contributed by atoms with Crippen LogP contribution in [0.5, 0.6) is 0 Å². The smallest absolute Gasteiger partial charge is 0.122 e. The molecule has 1 aliphatic heterocycles. The number of nitrogens with one attached hydrogen (secondary N) is 1. The van der Waals surface area contributed by atoms with Crippen molar-refractivity contribution in [2.24, 2.45) is 5.73 Å². The van der Waals surface area contributed by atoms with Gasteiger partial charge in [-0.2, -0.15) is 0 Å². The molecule has 0 atom stereocenters. The third-order valence-electron chi connectivity index (χ3n) is 3.44. The number of hydrogen-bond donors (Lipinski definition) is 2. The zero-order valence-electron chi connectivity index (χ0n) is 11.2. The van der Waals surface area contributed by atoms with E-state index in [-0.39, 0.29) is 5.84 Å². The van der Waals surface area contributed by atoms with Crippen molar-refractivity contribution in [3.8, 4) is 0 Å². The van der Waals surface area contributed by atoms with Crippen molar-refractivity contribution in [2.75, 3.05) is 24.6 Å². The van der Waals surface area contributed by atoms with E-state index in [1.54, 1.807) is 0 Å². The molecule has 1 saturated heterocycles. The number of halogens is 1. The molecule has 1 heterocycles. The first-order valence-corrected chi connectivity index (χ1v) is 7.41. The van der Waals surface area contributed by atoms with Crippen LogP contribution in [0, 0.1) is 5.41 Å². The van der Waals surface area contributed by atoms with Crippen LogP contribution in [-0.4, -0.2) is 31.6 Å². The van der Waals surface area contributed by atoms with Crippen LogP contribution in [0.2, 0.25) is 0 Å². The Morgan fingerprint density at radius 2 is 2.16 bits per heavy atom. The summed E-state index contributed by atoms with van der Waals surface area (Å²) in [5, 5.41) is 7.45. The number of hydrogen-bond acceptors (Lipinski definition) is 3. The summed E-state index contributed by atoms with van der Waals surface area (Å²) in [6, 6.07) is 5.84. The van der Waals surface area contributed by atoms with Gasteiger partial charge in [-0.1, -0.05) is 0 Å². The molecule has 1 fully saturated rings. The van der Waals surface area contributed by atoms with Gasteiger partial charge in [0.2, 0.25) is 0 Å². The van der Waals surface area contributed by atoms with Crippen LogP contribution >= 0.6 is 15.9 Å². The van der Waals surface area contributed by atoms with E-state index in [4.69, 9.17) is 15.9 Å². The molecule has 0 radical (unpaired) electrons. The number of nitrogens with zero attached hydrogens (tertiary/aromatic N) is 1. The molecule has 2 rings (SSSR count). The van der Waals surface area contributed by atoms with E-state index < -0.39 is 0 Å². The molecule has 3 N–H and O–H groups in total. The molecule has 1 aliphatic rings. The highest BCUT2D eigenvalue weighted by molar-refractivity contribution is 9.10. The molecule has 0 amide bonds. The summed E-state index contributed by atoms with van der Waals surface area (Å²) >= 11 is 3.57. The summed E-state index contributed by atoms with van der Waals surface area (Å²) in [7, 11) is 0. The van der Waals surface area contributed by atoms with E-state index in [1.807, 2.05) is 25.1 Å². The van der Waals surface area contributed by atoms with Gasteiger partial charge in [-0.25, -0.2) is 0 Å². The number of ether oxygens (including phenoxy) is 1. The number of piperidine rings is 1. The number of rotatable bonds is 4. The Morgan fingerprint density at radius 3 is 2.68 bits per heavy atom. The summed E-state index contributed by atoms with van der Waals surface area (Å²) < 4.78 is 6.66. The molecule has 1 aromatic carbocycles. The van der Waals surface area contributed by atoms with Crippen molar-refractivity contribution in [3.05, 3.63) is 28.2 Å². The van der Waals surface area contributed by atoms with Crippen molar-refractivity contribution in [3.63, 3.8) is 0 Å².